The Kier molecular flexibility index (Phi) is 4.78. The van der Waals surface area contributed by atoms with E-state index < -0.39 is 26.8 Å². The first-order valence-corrected chi connectivity index (χ1v) is 8.15. The summed E-state index contributed by atoms with van der Waals surface area (Å²) in [5.41, 5.74) is -1.00. The summed E-state index contributed by atoms with van der Waals surface area (Å²) >= 11 is 5.81. The zero-order valence-electron chi connectivity index (χ0n) is 12.1. The number of hydrogen-bond acceptors (Lipinski definition) is 4. The van der Waals surface area contributed by atoms with Gasteiger partial charge in [0, 0.05) is 0 Å². The van der Waals surface area contributed by atoms with E-state index >= 15 is 0 Å². The number of rotatable bonds is 3. The van der Waals surface area contributed by atoms with E-state index in [4.69, 9.17) is 21.0 Å². The summed E-state index contributed by atoms with van der Waals surface area (Å²) in [5.74, 6) is -0.287. The first kappa shape index (κ1) is 18.1. The second kappa shape index (κ2) is 6.34. The summed E-state index contributed by atoms with van der Waals surface area (Å²) in [6.07, 6.45) is -4.69. The third kappa shape index (κ3) is 3.80. The molecule has 9 heteroatoms. The quantitative estimate of drug-likeness (QED) is 0.750. The number of nitrogens with zero attached hydrogens (tertiary/aromatic N) is 1. The molecule has 0 aromatic heterocycles. The molecule has 0 saturated carbocycles. The molecule has 0 spiro atoms. The van der Waals surface area contributed by atoms with Crippen molar-refractivity contribution in [1.29, 1.82) is 5.26 Å². The van der Waals surface area contributed by atoms with E-state index in [1.807, 2.05) is 0 Å². The summed E-state index contributed by atoms with van der Waals surface area (Å²) in [6, 6.07) is 7.96. The highest BCUT2D eigenvalue weighted by atomic mass is 35.5. The summed E-state index contributed by atoms with van der Waals surface area (Å²) in [7, 11) is -4.52. The van der Waals surface area contributed by atoms with Crippen LogP contribution in [0.4, 0.5) is 13.2 Å². The molecule has 0 aliphatic rings. The van der Waals surface area contributed by atoms with E-state index in [9.17, 15) is 21.6 Å². The van der Waals surface area contributed by atoms with Crippen molar-refractivity contribution in [3.63, 3.8) is 0 Å². The second-order valence-corrected chi connectivity index (χ2v) is 6.72. The van der Waals surface area contributed by atoms with Gasteiger partial charge >= 0.3 is 16.3 Å². The summed E-state index contributed by atoms with van der Waals surface area (Å²) in [4.78, 5) is -0.652. The zero-order valence-corrected chi connectivity index (χ0v) is 13.6. The fraction of sp³-hybridized carbons (Fsp3) is 0.133. The van der Waals surface area contributed by atoms with Crippen LogP contribution >= 0.6 is 11.6 Å². The average molecular weight is 376 g/mol. The fourth-order valence-corrected chi connectivity index (χ4v) is 3.11. The molecule has 2 aromatic rings. The zero-order chi connectivity index (χ0) is 18.1. The van der Waals surface area contributed by atoms with Crippen LogP contribution in [0.25, 0.3) is 0 Å². The highest BCUT2D eigenvalue weighted by molar-refractivity contribution is 7.87. The highest BCUT2D eigenvalue weighted by Gasteiger charge is 2.34. The van der Waals surface area contributed by atoms with Crippen LogP contribution in [-0.2, 0) is 16.3 Å². The molecule has 0 N–H and O–H groups in total. The molecular formula is C15H9ClF3NO3S. The van der Waals surface area contributed by atoms with Gasteiger partial charge < -0.3 is 4.18 Å². The van der Waals surface area contributed by atoms with E-state index in [1.165, 1.54) is 19.1 Å². The van der Waals surface area contributed by atoms with Gasteiger partial charge in [-0.3, -0.25) is 0 Å². The molecule has 0 radical (unpaired) electrons. The Bertz CT molecular complexity index is 934. The van der Waals surface area contributed by atoms with E-state index in [2.05, 4.69) is 0 Å². The van der Waals surface area contributed by atoms with Crippen molar-refractivity contribution in [2.45, 2.75) is 18.0 Å². The van der Waals surface area contributed by atoms with Crippen LogP contribution in [-0.4, -0.2) is 8.42 Å². The molecule has 0 unspecified atom stereocenters. The van der Waals surface area contributed by atoms with Crippen LogP contribution in [0, 0.1) is 18.3 Å². The summed E-state index contributed by atoms with van der Waals surface area (Å²) in [6.45, 7) is 1.22. The van der Waals surface area contributed by atoms with Crippen LogP contribution < -0.4 is 4.18 Å². The molecule has 0 amide bonds. The maximum absolute atomic E-state index is 12.9. The number of hydrogen-bond donors (Lipinski definition) is 0. The molecule has 0 saturated heterocycles. The average Bonchev–Trinajstić information content (AvgIpc) is 2.48. The van der Waals surface area contributed by atoms with Crippen molar-refractivity contribution < 1.29 is 25.8 Å². The molecule has 2 aromatic carbocycles. The molecule has 2 rings (SSSR count). The summed E-state index contributed by atoms with van der Waals surface area (Å²) < 4.78 is 67.9. The molecule has 0 fully saturated rings. The molecular weight excluding hydrogens is 367 g/mol. The Balaban J connectivity index is 2.44. The fourth-order valence-electron chi connectivity index (χ4n) is 1.87. The standard InChI is InChI=1S/C15H9ClF3NO3S/c1-9-2-4-11(7-12(9)15(17,18)19)24(21,22)23-14-5-3-10(8-20)6-13(14)16/h2-7H,1H3. The lowest BCUT2D eigenvalue weighted by Crippen LogP contribution is -2.13. The van der Waals surface area contributed by atoms with Crippen LogP contribution in [0.1, 0.15) is 16.7 Å². The van der Waals surface area contributed by atoms with Crippen molar-refractivity contribution in [2.75, 3.05) is 0 Å². The van der Waals surface area contributed by atoms with Gasteiger partial charge in [0.05, 0.1) is 22.2 Å². The van der Waals surface area contributed by atoms with Gasteiger partial charge in [0.2, 0.25) is 0 Å². The Morgan fingerprint density at radius 2 is 1.83 bits per heavy atom. The molecule has 4 nitrogen and oxygen atoms in total. The van der Waals surface area contributed by atoms with Crippen molar-refractivity contribution in [3.05, 3.63) is 58.1 Å². The van der Waals surface area contributed by atoms with Gasteiger partial charge in [0.1, 0.15) is 4.90 Å². The van der Waals surface area contributed by atoms with Crippen LogP contribution in [0.3, 0.4) is 0 Å². The Hall–Kier alpha value is -2.24. The smallest absolute Gasteiger partial charge is 0.377 e. The van der Waals surface area contributed by atoms with Crippen LogP contribution in [0.15, 0.2) is 41.3 Å². The van der Waals surface area contributed by atoms with Gasteiger partial charge in [0.15, 0.2) is 5.75 Å². The largest absolute Gasteiger partial charge is 0.416 e. The predicted octanol–water partition coefficient (Wildman–Crippen LogP) is 4.31. The van der Waals surface area contributed by atoms with Gasteiger partial charge in [0.25, 0.3) is 0 Å². The lowest BCUT2D eigenvalue weighted by atomic mass is 10.1. The van der Waals surface area contributed by atoms with E-state index in [0.29, 0.717) is 6.07 Å². The highest BCUT2D eigenvalue weighted by Crippen LogP contribution is 2.34. The Labute approximate surface area is 141 Å². The van der Waals surface area contributed by atoms with Gasteiger partial charge in [-0.1, -0.05) is 17.7 Å². The summed E-state index contributed by atoms with van der Waals surface area (Å²) in [5, 5.41) is 8.57. The molecule has 0 aliphatic carbocycles. The lowest BCUT2D eigenvalue weighted by Gasteiger charge is -2.13. The lowest BCUT2D eigenvalue weighted by molar-refractivity contribution is -0.138. The second-order valence-electron chi connectivity index (χ2n) is 4.77. The van der Waals surface area contributed by atoms with E-state index in [1.54, 1.807) is 6.07 Å². The number of halogens is 4. The van der Waals surface area contributed by atoms with Gasteiger partial charge in [-0.25, -0.2) is 0 Å². The first-order chi connectivity index (χ1) is 11.0. The van der Waals surface area contributed by atoms with Gasteiger partial charge in [-0.15, -0.1) is 0 Å². The topological polar surface area (TPSA) is 67.2 Å². The van der Waals surface area contributed by atoms with Crippen molar-refractivity contribution in [3.8, 4) is 11.8 Å². The minimum Gasteiger partial charge on any atom is -0.377 e. The van der Waals surface area contributed by atoms with Gasteiger partial charge in [-0.05, 0) is 42.8 Å². The number of alkyl halides is 3. The minimum absolute atomic E-state index is 0.113. The SMILES string of the molecule is Cc1ccc(S(=O)(=O)Oc2ccc(C#N)cc2Cl)cc1C(F)(F)F. The molecule has 0 atom stereocenters. The minimum atomic E-state index is -4.69. The Morgan fingerprint density at radius 3 is 2.38 bits per heavy atom. The predicted molar refractivity (Wildman–Crippen MR) is 80.2 cm³/mol. The van der Waals surface area contributed by atoms with E-state index in [0.717, 1.165) is 18.2 Å². The first-order valence-electron chi connectivity index (χ1n) is 6.36. The maximum Gasteiger partial charge on any atom is 0.416 e. The van der Waals surface area contributed by atoms with Gasteiger partial charge in [-0.2, -0.15) is 26.9 Å². The Morgan fingerprint density at radius 1 is 1.17 bits per heavy atom. The molecule has 0 bridgehead atoms. The molecule has 0 aliphatic heterocycles. The molecule has 0 heterocycles. The number of nitriles is 1. The third-order valence-electron chi connectivity index (χ3n) is 3.06. The normalized spacial score (nSPS) is 11.8. The third-order valence-corrected chi connectivity index (χ3v) is 4.59. The van der Waals surface area contributed by atoms with Crippen molar-refractivity contribution in [1.82, 2.24) is 0 Å². The van der Waals surface area contributed by atoms with Crippen molar-refractivity contribution >= 4 is 21.7 Å². The number of aryl methyl sites for hydroxylation is 1. The van der Waals surface area contributed by atoms with Crippen LogP contribution in [0.2, 0.25) is 5.02 Å². The monoisotopic (exact) mass is 375 g/mol. The van der Waals surface area contributed by atoms with E-state index in [-0.39, 0.29) is 21.9 Å². The number of benzene rings is 2. The van der Waals surface area contributed by atoms with Crippen molar-refractivity contribution in [2.24, 2.45) is 0 Å². The van der Waals surface area contributed by atoms with Crippen LogP contribution in [0.5, 0.6) is 5.75 Å². The molecule has 24 heavy (non-hydrogen) atoms. The maximum atomic E-state index is 12.9. The molecule has 126 valence electrons.